The van der Waals surface area contributed by atoms with Crippen LogP contribution >= 0.6 is 22.9 Å². The molecule has 1 aromatic carbocycles. The summed E-state index contributed by atoms with van der Waals surface area (Å²) < 4.78 is 25.1. The highest BCUT2D eigenvalue weighted by Crippen LogP contribution is 2.27. The van der Waals surface area contributed by atoms with Crippen molar-refractivity contribution in [2.45, 2.75) is 25.3 Å². The SMILES string of the molecule is CS(=O)(=O)N1CCCCC1C(=O)Nc1nc(-c2ccc(Cl)cc2)cs1. The Labute approximate surface area is 155 Å². The number of thiazole rings is 1. The van der Waals surface area contributed by atoms with E-state index in [9.17, 15) is 13.2 Å². The van der Waals surface area contributed by atoms with Gasteiger partial charge in [0.25, 0.3) is 0 Å². The van der Waals surface area contributed by atoms with Gasteiger partial charge in [-0.3, -0.25) is 4.79 Å². The summed E-state index contributed by atoms with van der Waals surface area (Å²) >= 11 is 7.19. The molecule has 2 aromatic rings. The summed E-state index contributed by atoms with van der Waals surface area (Å²) in [5, 5.41) is 5.69. The fourth-order valence-electron chi connectivity index (χ4n) is 2.84. The lowest BCUT2D eigenvalue weighted by atomic mass is 10.0. The molecule has 1 amide bonds. The zero-order chi connectivity index (χ0) is 18.0. The number of nitrogens with one attached hydrogen (secondary N) is 1. The Hall–Kier alpha value is -1.48. The summed E-state index contributed by atoms with van der Waals surface area (Å²) in [5.41, 5.74) is 1.64. The highest BCUT2D eigenvalue weighted by Gasteiger charge is 2.34. The number of carbonyl (C=O) groups excluding carboxylic acids is 1. The molecule has 6 nitrogen and oxygen atoms in total. The number of rotatable bonds is 4. The van der Waals surface area contributed by atoms with Crippen molar-refractivity contribution in [1.29, 1.82) is 0 Å². The first-order valence-corrected chi connectivity index (χ1v) is 10.9. The number of halogens is 1. The number of nitrogens with zero attached hydrogens (tertiary/aromatic N) is 2. The van der Waals surface area contributed by atoms with E-state index in [0.717, 1.165) is 30.4 Å². The molecule has 0 saturated carbocycles. The topological polar surface area (TPSA) is 79.4 Å². The smallest absolute Gasteiger partial charge is 0.244 e. The lowest BCUT2D eigenvalue weighted by molar-refractivity contribution is -0.120. The van der Waals surface area contributed by atoms with Crippen molar-refractivity contribution in [1.82, 2.24) is 9.29 Å². The Bertz CT molecular complexity index is 865. The largest absolute Gasteiger partial charge is 0.301 e. The normalized spacial score (nSPS) is 18.9. The van der Waals surface area contributed by atoms with Crippen molar-refractivity contribution in [3.8, 4) is 11.3 Å². The van der Waals surface area contributed by atoms with Gasteiger partial charge in [-0.15, -0.1) is 11.3 Å². The van der Waals surface area contributed by atoms with Gasteiger partial charge in [0.15, 0.2) is 5.13 Å². The quantitative estimate of drug-likeness (QED) is 0.856. The second-order valence-electron chi connectivity index (χ2n) is 5.92. The molecule has 1 aromatic heterocycles. The average molecular weight is 400 g/mol. The maximum Gasteiger partial charge on any atom is 0.244 e. The zero-order valence-electron chi connectivity index (χ0n) is 13.6. The van der Waals surface area contributed by atoms with Gasteiger partial charge < -0.3 is 5.32 Å². The first-order chi connectivity index (χ1) is 11.8. The zero-order valence-corrected chi connectivity index (χ0v) is 16.0. The monoisotopic (exact) mass is 399 g/mol. The molecule has 1 N–H and O–H groups in total. The van der Waals surface area contributed by atoms with E-state index in [1.165, 1.54) is 15.6 Å². The molecule has 1 aliphatic rings. The maximum atomic E-state index is 12.5. The molecule has 0 bridgehead atoms. The average Bonchev–Trinajstić information content (AvgIpc) is 3.03. The summed E-state index contributed by atoms with van der Waals surface area (Å²) in [6.07, 6.45) is 3.27. The van der Waals surface area contributed by atoms with Gasteiger partial charge in [-0.1, -0.05) is 30.2 Å². The minimum Gasteiger partial charge on any atom is -0.301 e. The van der Waals surface area contributed by atoms with E-state index in [0.29, 0.717) is 23.1 Å². The maximum absolute atomic E-state index is 12.5. The van der Waals surface area contributed by atoms with Crippen LogP contribution in [0.5, 0.6) is 0 Å². The van der Waals surface area contributed by atoms with Crippen molar-refractivity contribution in [2.75, 3.05) is 18.1 Å². The Morgan fingerprint density at radius 2 is 2.04 bits per heavy atom. The molecule has 1 atom stereocenters. The second kappa shape index (κ2) is 7.41. The fraction of sp³-hybridized carbons (Fsp3) is 0.375. The molecule has 0 spiro atoms. The Morgan fingerprint density at radius 1 is 1.32 bits per heavy atom. The molecule has 25 heavy (non-hydrogen) atoms. The van der Waals surface area contributed by atoms with E-state index < -0.39 is 16.1 Å². The Kier molecular flexibility index (Phi) is 5.43. The number of piperidine rings is 1. The first kappa shape index (κ1) is 18.3. The van der Waals surface area contributed by atoms with E-state index in [-0.39, 0.29) is 5.91 Å². The van der Waals surface area contributed by atoms with Crippen LogP contribution in [0.25, 0.3) is 11.3 Å². The molecule has 1 fully saturated rings. The second-order valence-corrected chi connectivity index (χ2v) is 9.15. The standard InChI is InChI=1S/C16H18ClN3O3S2/c1-25(22,23)20-9-3-2-4-14(20)15(21)19-16-18-13(10-24-16)11-5-7-12(17)8-6-11/h5-8,10,14H,2-4,9H2,1H3,(H,18,19,21). The third kappa shape index (κ3) is 4.38. The molecule has 0 aliphatic carbocycles. The van der Waals surface area contributed by atoms with Crippen molar-refractivity contribution in [2.24, 2.45) is 0 Å². The summed E-state index contributed by atoms with van der Waals surface area (Å²) in [6, 6.07) is 6.60. The van der Waals surface area contributed by atoms with E-state index >= 15 is 0 Å². The van der Waals surface area contributed by atoms with Gasteiger partial charge in [-0.2, -0.15) is 4.31 Å². The number of amides is 1. The minimum atomic E-state index is -3.41. The highest BCUT2D eigenvalue weighted by atomic mass is 35.5. The van der Waals surface area contributed by atoms with Crippen LogP contribution in [-0.4, -0.2) is 42.5 Å². The van der Waals surface area contributed by atoms with Crippen molar-refractivity contribution < 1.29 is 13.2 Å². The predicted octanol–water partition coefficient (Wildman–Crippen LogP) is 3.22. The van der Waals surface area contributed by atoms with Crippen LogP contribution in [0.1, 0.15) is 19.3 Å². The van der Waals surface area contributed by atoms with Gasteiger partial charge in [-0.05, 0) is 25.0 Å². The highest BCUT2D eigenvalue weighted by molar-refractivity contribution is 7.88. The van der Waals surface area contributed by atoms with Gasteiger partial charge in [0.2, 0.25) is 15.9 Å². The summed E-state index contributed by atoms with van der Waals surface area (Å²) in [4.78, 5) is 17.0. The van der Waals surface area contributed by atoms with E-state index in [1.807, 2.05) is 17.5 Å². The fourth-order valence-corrected chi connectivity index (χ4v) is 4.81. The van der Waals surface area contributed by atoms with Gasteiger partial charge in [0.05, 0.1) is 11.9 Å². The van der Waals surface area contributed by atoms with Gasteiger partial charge in [0.1, 0.15) is 6.04 Å². The molecule has 134 valence electrons. The van der Waals surface area contributed by atoms with Crippen molar-refractivity contribution in [3.05, 3.63) is 34.7 Å². The number of hydrogen-bond acceptors (Lipinski definition) is 5. The van der Waals surface area contributed by atoms with Crippen molar-refractivity contribution >= 4 is 44.0 Å². The van der Waals surface area contributed by atoms with Crippen LogP contribution in [0.3, 0.4) is 0 Å². The minimum absolute atomic E-state index is 0.331. The lowest BCUT2D eigenvalue weighted by Gasteiger charge is -2.32. The molecule has 0 radical (unpaired) electrons. The molecule has 1 unspecified atom stereocenters. The lowest BCUT2D eigenvalue weighted by Crippen LogP contribution is -2.49. The molecular formula is C16H18ClN3O3S2. The van der Waals surface area contributed by atoms with Crippen LogP contribution in [0.2, 0.25) is 5.02 Å². The van der Waals surface area contributed by atoms with Gasteiger partial charge >= 0.3 is 0 Å². The summed E-state index contributed by atoms with van der Waals surface area (Å²) in [5.74, 6) is -0.331. The molecule has 2 heterocycles. The Morgan fingerprint density at radius 3 is 2.72 bits per heavy atom. The summed E-state index contributed by atoms with van der Waals surface area (Å²) in [6.45, 7) is 0.380. The van der Waals surface area contributed by atoms with E-state index in [2.05, 4.69) is 10.3 Å². The molecule has 9 heteroatoms. The van der Waals surface area contributed by atoms with Crippen LogP contribution in [0.4, 0.5) is 5.13 Å². The number of benzene rings is 1. The first-order valence-electron chi connectivity index (χ1n) is 7.84. The number of aromatic nitrogens is 1. The number of anilines is 1. The predicted molar refractivity (Wildman–Crippen MR) is 100 cm³/mol. The van der Waals surface area contributed by atoms with Crippen LogP contribution in [0.15, 0.2) is 29.6 Å². The van der Waals surface area contributed by atoms with Gasteiger partial charge in [-0.25, -0.2) is 13.4 Å². The van der Waals surface area contributed by atoms with Crippen LogP contribution < -0.4 is 5.32 Å². The van der Waals surface area contributed by atoms with E-state index in [4.69, 9.17) is 11.6 Å². The van der Waals surface area contributed by atoms with E-state index in [1.54, 1.807) is 12.1 Å². The summed E-state index contributed by atoms with van der Waals surface area (Å²) in [7, 11) is -3.41. The van der Waals surface area contributed by atoms with Crippen molar-refractivity contribution in [3.63, 3.8) is 0 Å². The molecule has 3 rings (SSSR count). The molecule has 1 saturated heterocycles. The third-order valence-electron chi connectivity index (χ3n) is 4.06. The van der Waals surface area contributed by atoms with Gasteiger partial charge in [0, 0.05) is 22.5 Å². The van der Waals surface area contributed by atoms with Crippen LogP contribution in [0, 0.1) is 0 Å². The number of carbonyl (C=O) groups is 1. The van der Waals surface area contributed by atoms with Crippen LogP contribution in [-0.2, 0) is 14.8 Å². The number of hydrogen-bond donors (Lipinski definition) is 1. The molecule has 1 aliphatic heterocycles. The third-order valence-corrected chi connectivity index (χ3v) is 6.36. The number of sulfonamides is 1. The Balaban J connectivity index is 1.73. The molecular weight excluding hydrogens is 382 g/mol.